The highest BCUT2D eigenvalue weighted by Crippen LogP contribution is 2.27. The maximum Gasteiger partial charge on any atom is 0.241 e. The average Bonchev–Trinajstić information content (AvgIpc) is 3.28. The summed E-state index contributed by atoms with van der Waals surface area (Å²) in [5.74, 6) is 0.205. The smallest absolute Gasteiger partial charge is 0.241 e. The second-order valence-electron chi connectivity index (χ2n) is 9.12. The van der Waals surface area contributed by atoms with E-state index in [1.165, 1.54) is 11.1 Å². The monoisotopic (exact) mass is 462 g/mol. The van der Waals surface area contributed by atoms with Crippen molar-refractivity contribution in [2.45, 2.75) is 38.0 Å². The van der Waals surface area contributed by atoms with E-state index in [2.05, 4.69) is 28.8 Å². The minimum absolute atomic E-state index is 0.00652. The Balaban J connectivity index is 1.38. The van der Waals surface area contributed by atoms with Gasteiger partial charge in [-0.15, -0.1) is 0 Å². The second kappa shape index (κ2) is 11.8. The molecule has 34 heavy (non-hydrogen) atoms. The lowest BCUT2D eigenvalue weighted by atomic mass is 9.91. The lowest BCUT2D eigenvalue weighted by Gasteiger charge is -2.25. The average molecular weight is 463 g/mol. The molecule has 0 bridgehead atoms. The molecule has 0 aliphatic carbocycles. The number of nitrogens with one attached hydrogen (secondary N) is 2. The summed E-state index contributed by atoms with van der Waals surface area (Å²) < 4.78 is 0. The van der Waals surface area contributed by atoms with Crippen molar-refractivity contribution in [2.75, 3.05) is 44.2 Å². The van der Waals surface area contributed by atoms with Crippen LogP contribution in [0.15, 0.2) is 54.6 Å². The van der Waals surface area contributed by atoms with Crippen molar-refractivity contribution in [2.24, 2.45) is 0 Å². The van der Waals surface area contributed by atoms with Gasteiger partial charge in [-0.05, 0) is 48.8 Å². The molecule has 4 rings (SSSR count). The fraction of sp³-hybridized carbons (Fsp3) is 0.444. The molecular formula is C27H34N4O3. The van der Waals surface area contributed by atoms with Gasteiger partial charge < -0.3 is 15.5 Å². The number of para-hydroxylation sites is 1. The number of carbonyl (C=O) groups excluding carboxylic acids is 3. The molecule has 0 aromatic heterocycles. The topological polar surface area (TPSA) is 81.8 Å². The summed E-state index contributed by atoms with van der Waals surface area (Å²) in [4.78, 5) is 41.9. The molecule has 1 saturated heterocycles. The van der Waals surface area contributed by atoms with E-state index >= 15 is 0 Å². The van der Waals surface area contributed by atoms with Crippen LogP contribution < -0.4 is 15.5 Å². The first-order valence-electron chi connectivity index (χ1n) is 12.3. The third kappa shape index (κ3) is 6.44. The largest absolute Gasteiger partial charge is 0.356 e. The minimum atomic E-state index is -0.0671. The van der Waals surface area contributed by atoms with Gasteiger partial charge in [-0.3, -0.25) is 19.3 Å². The molecule has 3 amide bonds. The van der Waals surface area contributed by atoms with Crippen LogP contribution in [0.3, 0.4) is 0 Å². The number of anilines is 1. The number of benzene rings is 2. The maximum atomic E-state index is 13.1. The van der Waals surface area contributed by atoms with Gasteiger partial charge in [-0.2, -0.15) is 0 Å². The Kier molecular flexibility index (Phi) is 8.31. The highest BCUT2D eigenvalue weighted by atomic mass is 16.2. The molecule has 1 atom stereocenters. The van der Waals surface area contributed by atoms with Crippen molar-refractivity contribution in [3.63, 3.8) is 0 Å². The van der Waals surface area contributed by atoms with Gasteiger partial charge in [0.15, 0.2) is 0 Å². The number of hydrogen-bond acceptors (Lipinski definition) is 4. The summed E-state index contributed by atoms with van der Waals surface area (Å²) in [6.07, 6.45) is 3.53. The third-order valence-electron chi connectivity index (χ3n) is 6.69. The number of hydrogen-bond donors (Lipinski definition) is 2. The quantitative estimate of drug-likeness (QED) is 0.734. The summed E-state index contributed by atoms with van der Waals surface area (Å²) in [5, 5.41) is 6.03. The van der Waals surface area contributed by atoms with Crippen LogP contribution in [-0.2, 0) is 20.8 Å². The van der Waals surface area contributed by atoms with Crippen molar-refractivity contribution < 1.29 is 14.4 Å². The summed E-state index contributed by atoms with van der Waals surface area (Å²) >= 11 is 0. The summed E-state index contributed by atoms with van der Waals surface area (Å²) in [6, 6.07) is 18.1. The van der Waals surface area contributed by atoms with Gasteiger partial charge in [-0.25, -0.2) is 0 Å². The van der Waals surface area contributed by atoms with Gasteiger partial charge in [0.2, 0.25) is 17.7 Å². The van der Waals surface area contributed by atoms with Crippen LogP contribution in [0, 0.1) is 0 Å². The highest BCUT2D eigenvalue weighted by molar-refractivity contribution is 5.97. The Morgan fingerprint density at radius 2 is 1.62 bits per heavy atom. The standard InChI is InChI=1S/C27H34N4O3/c32-25-12-11-22(21-7-2-1-3-8-21)13-16-29-26(33)19-30(17-6-15-28-25)20-27(34)31-18-14-23-9-4-5-10-24(23)31/h1-5,7-10,22H,6,11-20H2,(H,28,32)(H,29,33). The van der Waals surface area contributed by atoms with Gasteiger partial charge in [0, 0.05) is 38.3 Å². The molecule has 2 aliphatic heterocycles. The van der Waals surface area contributed by atoms with Crippen molar-refractivity contribution in [3.05, 3.63) is 65.7 Å². The van der Waals surface area contributed by atoms with Crippen LogP contribution in [0.25, 0.3) is 0 Å². The van der Waals surface area contributed by atoms with Crippen LogP contribution in [0.2, 0.25) is 0 Å². The van der Waals surface area contributed by atoms with E-state index in [-0.39, 0.29) is 36.7 Å². The number of fused-ring (bicyclic) bond motifs is 1. The Labute approximate surface area is 201 Å². The first kappa shape index (κ1) is 24.0. The van der Waals surface area contributed by atoms with Crippen LogP contribution in [0.1, 0.15) is 42.7 Å². The predicted octanol–water partition coefficient (Wildman–Crippen LogP) is 2.47. The zero-order chi connectivity index (χ0) is 23.8. The van der Waals surface area contributed by atoms with E-state index in [0.717, 1.165) is 24.9 Å². The lowest BCUT2D eigenvalue weighted by Crippen LogP contribution is -2.45. The lowest BCUT2D eigenvalue weighted by molar-refractivity contribution is -0.125. The fourth-order valence-electron chi connectivity index (χ4n) is 4.86. The highest BCUT2D eigenvalue weighted by Gasteiger charge is 2.26. The number of carbonyl (C=O) groups is 3. The van der Waals surface area contributed by atoms with Crippen molar-refractivity contribution >= 4 is 23.4 Å². The van der Waals surface area contributed by atoms with Gasteiger partial charge in [0.1, 0.15) is 0 Å². The van der Waals surface area contributed by atoms with Gasteiger partial charge in [0.05, 0.1) is 13.1 Å². The molecule has 0 saturated carbocycles. The Morgan fingerprint density at radius 3 is 2.47 bits per heavy atom. The number of amides is 3. The first-order chi connectivity index (χ1) is 16.6. The molecular weight excluding hydrogens is 428 g/mol. The van der Waals surface area contributed by atoms with Gasteiger partial charge >= 0.3 is 0 Å². The number of nitrogens with zero attached hydrogens (tertiary/aromatic N) is 2. The van der Waals surface area contributed by atoms with Crippen LogP contribution >= 0.6 is 0 Å². The Bertz CT molecular complexity index is 994. The summed E-state index contributed by atoms with van der Waals surface area (Å²) in [6.45, 7) is 2.68. The van der Waals surface area contributed by atoms with Crippen LogP contribution in [-0.4, -0.2) is 61.9 Å². The third-order valence-corrected chi connectivity index (χ3v) is 6.69. The van der Waals surface area contributed by atoms with E-state index in [1.807, 2.05) is 46.2 Å². The Hall–Kier alpha value is -3.19. The van der Waals surface area contributed by atoms with Crippen LogP contribution in [0.4, 0.5) is 5.69 Å². The van der Waals surface area contributed by atoms with Crippen LogP contribution in [0.5, 0.6) is 0 Å². The minimum Gasteiger partial charge on any atom is -0.356 e. The molecule has 0 spiro atoms. The van der Waals surface area contributed by atoms with Gasteiger partial charge in [-0.1, -0.05) is 48.5 Å². The van der Waals surface area contributed by atoms with E-state index in [4.69, 9.17) is 0 Å². The molecule has 1 fully saturated rings. The van der Waals surface area contributed by atoms with E-state index in [9.17, 15) is 14.4 Å². The molecule has 2 N–H and O–H groups in total. The zero-order valence-corrected chi connectivity index (χ0v) is 19.7. The molecule has 2 aliphatic rings. The number of rotatable bonds is 3. The second-order valence-corrected chi connectivity index (χ2v) is 9.12. The first-order valence-corrected chi connectivity index (χ1v) is 12.3. The Morgan fingerprint density at radius 1 is 0.853 bits per heavy atom. The SMILES string of the molecule is O=C1CCC(c2ccccc2)CCNC(=O)CN(CC(=O)N2CCc3ccccc32)CCCN1. The maximum absolute atomic E-state index is 13.1. The molecule has 0 radical (unpaired) electrons. The van der Waals surface area contributed by atoms with E-state index < -0.39 is 0 Å². The molecule has 180 valence electrons. The normalized spacial score (nSPS) is 20.7. The van der Waals surface area contributed by atoms with Crippen molar-refractivity contribution in [3.8, 4) is 0 Å². The predicted molar refractivity (Wildman–Crippen MR) is 133 cm³/mol. The van der Waals surface area contributed by atoms with Crippen molar-refractivity contribution in [1.29, 1.82) is 0 Å². The van der Waals surface area contributed by atoms with Gasteiger partial charge in [0.25, 0.3) is 0 Å². The zero-order valence-electron chi connectivity index (χ0n) is 19.7. The molecule has 7 nitrogen and oxygen atoms in total. The molecule has 2 heterocycles. The molecule has 1 unspecified atom stereocenters. The van der Waals surface area contributed by atoms with Crippen molar-refractivity contribution in [1.82, 2.24) is 15.5 Å². The summed E-state index contributed by atoms with van der Waals surface area (Å²) in [7, 11) is 0. The fourth-order valence-corrected chi connectivity index (χ4v) is 4.86. The molecule has 2 aromatic carbocycles. The van der Waals surface area contributed by atoms with E-state index in [1.54, 1.807) is 0 Å². The van der Waals surface area contributed by atoms with E-state index in [0.29, 0.717) is 39.0 Å². The summed E-state index contributed by atoms with van der Waals surface area (Å²) in [5.41, 5.74) is 3.35. The molecule has 2 aromatic rings. The molecule has 7 heteroatoms.